The standard InChI is InChI=1S/C10H10ClN3S/c1-6(2)10-13-7(5-15-10)9-12-4-3-8(11)14-9/h3-6H,1-2H3. The van der Waals surface area contributed by atoms with Crippen LogP contribution in [0.3, 0.4) is 0 Å². The Morgan fingerprint density at radius 1 is 1.33 bits per heavy atom. The molecule has 2 aromatic heterocycles. The van der Waals surface area contributed by atoms with Gasteiger partial charge in [-0.05, 0) is 6.07 Å². The van der Waals surface area contributed by atoms with E-state index in [4.69, 9.17) is 11.6 Å². The molecule has 0 bridgehead atoms. The lowest BCUT2D eigenvalue weighted by atomic mass is 10.2. The molecular weight excluding hydrogens is 230 g/mol. The summed E-state index contributed by atoms with van der Waals surface area (Å²) in [5.41, 5.74) is 0.797. The number of aromatic nitrogens is 3. The molecule has 2 heterocycles. The first kappa shape index (κ1) is 10.5. The third-order valence-corrected chi connectivity index (χ3v) is 3.22. The van der Waals surface area contributed by atoms with Crippen molar-refractivity contribution < 1.29 is 0 Å². The van der Waals surface area contributed by atoms with Crippen LogP contribution in [-0.2, 0) is 0 Å². The molecule has 0 N–H and O–H groups in total. The van der Waals surface area contributed by atoms with Crippen LogP contribution in [0.25, 0.3) is 11.5 Å². The van der Waals surface area contributed by atoms with Gasteiger partial charge in [0.2, 0.25) is 0 Å². The highest BCUT2D eigenvalue weighted by Crippen LogP contribution is 2.24. The Kier molecular flexibility index (Phi) is 2.98. The predicted molar refractivity (Wildman–Crippen MR) is 62.2 cm³/mol. The minimum absolute atomic E-state index is 0.433. The molecule has 0 saturated carbocycles. The quantitative estimate of drug-likeness (QED) is 0.755. The maximum absolute atomic E-state index is 5.79. The minimum atomic E-state index is 0.433. The molecule has 0 radical (unpaired) electrons. The number of hydrogen-bond acceptors (Lipinski definition) is 4. The number of halogens is 1. The Hall–Kier alpha value is -1.00. The molecule has 0 aliphatic carbocycles. The maximum atomic E-state index is 5.79. The van der Waals surface area contributed by atoms with Crippen LogP contribution in [0.5, 0.6) is 0 Å². The van der Waals surface area contributed by atoms with Crippen molar-refractivity contribution in [3.05, 3.63) is 27.8 Å². The van der Waals surface area contributed by atoms with Crippen molar-refractivity contribution in [1.82, 2.24) is 15.0 Å². The zero-order chi connectivity index (χ0) is 10.8. The molecule has 15 heavy (non-hydrogen) atoms. The van der Waals surface area contributed by atoms with Gasteiger partial charge in [-0.2, -0.15) is 0 Å². The molecule has 0 aliphatic heterocycles. The molecule has 2 aromatic rings. The van der Waals surface area contributed by atoms with E-state index < -0.39 is 0 Å². The molecule has 0 unspecified atom stereocenters. The Bertz CT molecular complexity index is 467. The average Bonchev–Trinajstić information content (AvgIpc) is 2.66. The molecule has 0 spiro atoms. The molecule has 78 valence electrons. The first-order valence-electron chi connectivity index (χ1n) is 4.61. The first-order chi connectivity index (χ1) is 7.16. The second-order valence-electron chi connectivity index (χ2n) is 3.43. The summed E-state index contributed by atoms with van der Waals surface area (Å²) < 4.78 is 0. The minimum Gasteiger partial charge on any atom is -0.238 e. The van der Waals surface area contributed by atoms with Crippen LogP contribution >= 0.6 is 22.9 Å². The van der Waals surface area contributed by atoms with Gasteiger partial charge < -0.3 is 0 Å². The van der Waals surface area contributed by atoms with Crippen LogP contribution in [0.15, 0.2) is 17.6 Å². The van der Waals surface area contributed by atoms with Crippen molar-refractivity contribution in [3.63, 3.8) is 0 Å². The van der Waals surface area contributed by atoms with Crippen LogP contribution < -0.4 is 0 Å². The summed E-state index contributed by atoms with van der Waals surface area (Å²) in [5, 5.41) is 3.49. The van der Waals surface area contributed by atoms with Gasteiger partial charge in [0, 0.05) is 17.5 Å². The predicted octanol–water partition coefficient (Wildman–Crippen LogP) is 3.38. The van der Waals surface area contributed by atoms with Gasteiger partial charge in [0.15, 0.2) is 5.82 Å². The van der Waals surface area contributed by atoms with Gasteiger partial charge in [-0.3, -0.25) is 0 Å². The van der Waals surface area contributed by atoms with Crippen LogP contribution in [-0.4, -0.2) is 15.0 Å². The lowest BCUT2D eigenvalue weighted by Crippen LogP contribution is -1.90. The highest BCUT2D eigenvalue weighted by atomic mass is 35.5. The topological polar surface area (TPSA) is 38.7 Å². The smallest absolute Gasteiger partial charge is 0.180 e. The molecule has 0 atom stereocenters. The molecule has 2 rings (SSSR count). The van der Waals surface area contributed by atoms with E-state index in [0.717, 1.165) is 10.7 Å². The van der Waals surface area contributed by atoms with Crippen molar-refractivity contribution in [1.29, 1.82) is 0 Å². The van der Waals surface area contributed by atoms with E-state index in [9.17, 15) is 0 Å². The third-order valence-electron chi connectivity index (χ3n) is 1.87. The van der Waals surface area contributed by atoms with Crippen LogP contribution in [0, 0.1) is 0 Å². The van der Waals surface area contributed by atoms with Crippen molar-refractivity contribution in [2.24, 2.45) is 0 Å². The highest BCUT2D eigenvalue weighted by molar-refractivity contribution is 7.10. The Morgan fingerprint density at radius 3 is 2.73 bits per heavy atom. The Morgan fingerprint density at radius 2 is 2.13 bits per heavy atom. The van der Waals surface area contributed by atoms with Gasteiger partial charge in [-0.25, -0.2) is 15.0 Å². The van der Waals surface area contributed by atoms with E-state index >= 15 is 0 Å². The summed E-state index contributed by atoms with van der Waals surface area (Å²) in [6.07, 6.45) is 1.64. The van der Waals surface area contributed by atoms with Crippen LogP contribution in [0.1, 0.15) is 24.8 Å². The second kappa shape index (κ2) is 4.24. The number of thiazole rings is 1. The maximum Gasteiger partial charge on any atom is 0.180 e. The molecule has 3 nitrogen and oxygen atoms in total. The first-order valence-corrected chi connectivity index (χ1v) is 5.87. The summed E-state index contributed by atoms with van der Waals surface area (Å²) >= 11 is 7.41. The van der Waals surface area contributed by atoms with Gasteiger partial charge >= 0.3 is 0 Å². The van der Waals surface area contributed by atoms with Crippen molar-refractivity contribution >= 4 is 22.9 Å². The zero-order valence-corrected chi connectivity index (χ0v) is 10.0. The lowest BCUT2D eigenvalue weighted by Gasteiger charge is -1.97. The summed E-state index contributed by atoms with van der Waals surface area (Å²) in [7, 11) is 0. The van der Waals surface area contributed by atoms with E-state index in [2.05, 4.69) is 28.8 Å². The average molecular weight is 240 g/mol. The normalized spacial score (nSPS) is 10.9. The summed E-state index contributed by atoms with van der Waals surface area (Å²) in [4.78, 5) is 12.7. The molecule has 0 amide bonds. The van der Waals surface area contributed by atoms with Gasteiger partial charge in [-0.15, -0.1) is 11.3 Å². The summed E-state index contributed by atoms with van der Waals surface area (Å²) in [5.74, 6) is 1.02. The van der Waals surface area contributed by atoms with E-state index in [-0.39, 0.29) is 0 Å². The van der Waals surface area contributed by atoms with E-state index in [1.165, 1.54) is 0 Å². The molecule has 0 saturated heterocycles. The van der Waals surface area contributed by atoms with Gasteiger partial charge in [0.25, 0.3) is 0 Å². The SMILES string of the molecule is CC(C)c1nc(-c2nccc(Cl)n2)cs1. The third kappa shape index (κ3) is 2.33. The second-order valence-corrected chi connectivity index (χ2v) is 4.71. The van der Waals surface area contributed by atoms with E-state index in [1.807, 2.05) is 5.38 Å². The van der Waals surface area contributed by atoms with Gasteiger partial charge in [-0.1, -0.05) is 25.4 Å². The van der Waals surface area contributed by atoms with E-state index in [0.29, 0.717) is 16.9 Å². The van der Waals surface area contributed by atoms with Crippen molar-refractivity contribution in [2.75, 3.05) is 0 Å². The zero-order valence-electron chi connectivity index (χ0n) is 8.44. The van der Waals surface area contributed by atoms with E-state index in [1.54, 1.807) is 23.6 Å². The number of hydrogen-bond donors (Lipinski definition) is 0. The number of rotatable bonds is 2. The van der Waals surface area contributed by atoms with Crippen LogP contribution in [0.4, 0.5) is 0 Å². The Labute approximate surface area is 97.2 Å². The molecule has 0 aliphatic rings. The fourth-order valence-corrected chi connectivity index (χ4v) is 2.07. The molecular formula is C10H10ClN3S. The van der Waals surface area contributed by atoms with Crippen LogP contribution in [0.2, 0.25) is 5.15 Å². The fourth-order valence-electron chi connectivity index (χ4n) is 1.12. The fraction of sp³-hybridized carbons (Fsp3) is 0.300. The van der Waals surface area contributed by atoms with Crippen molar-refractivity contribution in [3.8, 4) is 11.5 Å². The highest BCUT2D eigenvalue weighted by Gasteiger charge is 2.09. The molecule has 0 aromatic carbocycles. The summed E-state index contributed by atoms with van der Waals surface area (Å²) in [6, 6.07) is 1.65. The van der Waals surface area contributed by atoms with Gasteiger partial charge in [0.1, 0.15) is 10.8 Å². The summed E-state index contributed by atoms with van der Waals surface area (Å²) in [6.45, 7) is 4.23. The monoisotopic (exact) mass is 239 g/mol. The Balaban J connectivity index is 2.37. The van der Waals surface area contributed by atoms with Gasteiger partial charge in [0.05, 0.1) is 5.01 Å². The largest absolute Gasteiger partial charge is 0.238 e. The number of nitrogens with zero attached hydrogens (tertiary/aromatic N) is 3. The lowest BCUT2D eigenvalue weighted by molar-refractivity contribution is 0.852. The van der Waals surface area contributed by atoms with Crippen molar-refractivity contribution in [2.45, 2.75) is 19.8 Å². The molecule has 0 fully saturated rings. The molecule has 5 heteroatoms.